The van der Waals surface area contributed by atoms with Gasteiger partial charge in [0.25, 0.3) is 0 Å². The van der Waals surface area contributed by atoms with Crippen molar-refractivity contribution in [1.29, 1.82) is 0 Å². The van der Waals surface area contributed by atoms with E-state index in [1.54, 1.807) is 6.20 Å². The second kappa shape index (κ2) is 10.9. The van der Waals surface area contributed by atoms with E-state index in [1.807, 2.05) is 10.9 Å². The van der Waals surface area contributed by atoms with Crippen molar-refractivity contribution in [1.82, 2.24) is 34.9 Å². The molecular weight excluding hydrogens is 420 g/mol. The first-order valence-electron chi connectivity index (χ1n) is 10.7. The monoisotopic (exact) mass is 450 g/mol. The summed E-state index contributed by atoms with van der Waals surface area (Å²) in [6.07, 6.45) is 8.47. The molecule has 2 aromatic rings. The average Bonchev–Trinajstić information content (AvgIpc) is 3.25. The number of piperazine rings is 1. The lowest BCUT2D eigenvalue weighted by Gasteiger charge is -2.33. The minimum absolute atomic E-state index is 0. The highest BCUT2D eigenvalue weighted by Gasteiger charge is 2.22. The molecule has 31 heavy (non-hydrogen) atoms. The fraction of sp³-hybridized carbons (Fsp3) is 0.600. The Bertz CT molecular complexity index is 863. The van der Waals surface area contributed by atoms with Crippen molar-refractivity contribution in [2.24, 2.45) is 0 Å². The number of aromatic nitrogens is 4. The van der Waals surface area contributed by atoms with Crippen molar-refractivity contribution >= 4 is 24.2 Å². The van der Waals surface area contributed by atoms with E-state index < -0.39 is 5.97 Å². The predicted molar refractivity (Wildman–Crippen MR) is 121 cm³/mol. The zero-order valence-corrected chi connectivity index (χ0v) is 18.4. The van der Waals surface area contributed by atoms with Crippen LogP contribution < -0.4 is 11.1 Å². The van der Waals surface area contributed by atoms with Crippen LogP contribution in [0.1, 0.15) is 35.8 Å². The molecule has 2 aliphatic heterocycles. The van der Waals surface area contributed by atoms with Crippen LogP contribution in [0.4, 0.5) is 5.82 Å². The summed E-state index contributed by atoms with van der Waals surface area (Å²) in [5.74, 6) is -1.26. The minimum Gasteiger partial charge on any atom is -0.476 e. The van der Waals surface area contributed by atoms with Crippen LogP contribution in [0.25, 0.3) is 11.3 Å². The van der Waals surface area contributed by atoms with Crippen LogP contribution >= 0.6 is 12.4 Å². The lowest BCUT2D eigenvalue weighted by atomic mass is 10.1. The number of carbonyl (C=O) groups is 1. The molecule has 4 N–H and O–H groups in total. The van der Waals surface area contributed by atoms with E-state index in [0.717, 1.165) is 64.2 Å². The number of anilines is 1. The van der Waals surface area contributed by atoms with Gasteiger partial charge in [-0.3, -0.25) is 4.68 Å². The van der Waals surface area contributed by atoms with Gasteiger partial charge in [-0.05, 0) is 32.4 Å². The summed E-state index contributed by atoms with van der Waals surface area (Å²) in [5.41, 5.74) is 6.59. The van der Waals surface area contributed by atoms with Gasteiger partial charge in [-0.1, -0.05) is 0 Å². The van der Waals surface area contributed by atoms with Crippen molar-refractivity contribution in [3.63, 3.8) is 0 Å². The first-order chi connectivity index (χ1) is 14.6. The summed E-state index contributed by atoms with van der Waals surface area (Å²) in [5, 5.41) is 17.1. The molecule has 0 radical (unpaired) electrons. The Morgan fingerprint density at radius 2 is 1.81 bits per heavy atom. The summed E-state index contributed by atoms with van der Waals surface area (Å²) in [4.78, 5) is 24.4. The predicted octanol–water partition coefficient (Wildman–Crippen LogP) is 0.975. The highest BCUT2D eigenvalue weighted by atomic mass is 35.5. The molecule has 0 amide bonds. The molecule has 0 atom stereocenters. The lowest BCUT2D eigenvalue weighted by Crippen LogP contribution is -2.44. The minimum atomic E-state index is -1.18. The van der Waals surface area contributed by atoms with Crippen LogP contribution in [-0.4, -0.2) is 93.0 Å². The molecule has 4 rings (SSSR count). The van der Waals surface area contributed by atoms with Crippen LogP contribution in [-0.2, 0) is 0 Å². The number of piperidine rings is 1. The number of nitrogens with two attached hydrogens (primary N) is 1. The Morgan fingerprint density at radius 1 is 1.13 bits per heavy atom. The first kappa shape index (κ1) is 23.4. The van der Waals surface area contributed by atoms with Gasteiger partial charge in [-0.25, -0.2) is 14.8 Å². The zero-order valence-electron chi connectivity index (χ0n) is 17.6. The van der Waals surface area contributed by atoms with Gasteiger partial charge in [0.05, 0.1) is 24.1 Å². The molecule has 2 aromatic heterocycles. The van der Waals surface area contributed by atoms with Gasteiger partial charge in [0.2, 0.25) is 0 Å². The average molecular weight is 451 g/mol. The first-order valence-corrected chi connectivity index (χ1v) is 10.7. The summed E-state index contributed by atoms with van der Waals surface area (Å²) in [6, 6.07) is 0.351. The van der Waals surface area contributed by atoms with E-state index >= 15 is 0 Å². The smallest absolute Gasteiger partial charge is 0.358 e. The largest absolute Gasteiger partial charge is 0.476 e. The number of nitrogens with zero attached hydrogens (tertiary/aromatic N) is 6. The van der Waals surface area contributed by atoms with E-state index in [-0.39, 0.29) is 23.9 Å². The van der Waals surface area contributed by atoms with E-state index in [0.29, 0.717) is 11.7 Å². The van der Waals surface area contributed by atoms with Crippen LogP contribution in [0.15, 0.2) is 18.6 Å². The molecule has 170 valence electrons. The third-order valence-corrected chi connectivity index (χ3v) is 5.99. The van der Waals surface area contributed by atoms with Crippen molar-refractivity contribution in [2.45, 2.75) is 25.3 Å². The number of carboxylic acids is 1. The Labute approximate surface area is 188 Å². The fourth-order valence-corrected chi connectivity index (χ4v) is 4.23. The maximum Gasteiger partial charge on any atom is 0.358 e. The van der Waals surface area contributed by atoms with E-state index in [2.05, 4.69) is 30.2 Å². The molecule has 0 spiro atoms. The van der Waals surface area contributed by atoms with Gasteiger partial charge < -0.3 is 26.0 Å². The molecule has 11 heteroatoms. The number of likely N-dealkylation sites (tertiary alicyclic amines) is 1. The third-order valence-electron chi connectivity index (χ3n) is 5.99. The quantitative estimate of drug-likeness (QED) is 0.565. The summed E-state index contributed by atoms with van der Waals surface area (Å²) >= 11 is 0. The maximum absolute atomic E-state index is 11.2. The Balaban J connectivity index is 0.00000272. The Kier molecular flexibility index (Phi) is 8.19. The molecule has 2 saturated heterocycles. The van der Waals surface area contributed by atoms with Crippen LogP contribution in [0.3, 0.4) is 0 Å². The summed E-state index contributed by atoms with van der Waals surface area (Å²) in [7, 11) is 0. The van der Waals surface area contributed by atoms with E-state index in [4.69, 9.17) is 5.73 Å². The highest BCUT2D eigenvalue weighted by molar-refractivity contribution is 5.90. The van der Waals surface area contributed by atoms with Crippen molar-refractivity contribution in [3.05, 3.63) is 24.3 Å². The van der Waals surface area contributed by atoms with Crippen LogP contribution in [0, 0.1) is 0 Å². The number of hydrogen-bond acceptors (Lipinski definition) is 8. The topological polar surface area (TPSA) is 125 Å². The molecule has 0 bridgehead atoms. The van der Waals surface area contributed by atoms with E-state index in [1.165, 1.54) is 19.2 Å². The zero-order chi connectivity index (χ0) is 20.9. The van der Waals surface area contributed by atoms with Gasteiger partial charge in [0.15, 0.2) is 11.5 Å². The molecule has 0 saturated carbocycles. The van der Waals surface area contributed by atoms with Crippen molar-refractivity contribution in [2.75, 3.05) is 58.1 Å². The highest BCUT2D eigenvalue weighted by Crippen LogP contribution is 2.25. The van der Waals surface area contributed by atoms with Crippen molar-refractivity contribution in [3.8, 4) is 11.3 Å². The number of aromatic carboxylic acids is 1. The van der Waals surface area contributed by atoms with Gasteiger partial charge in [0.1, 0.15) is 0 Å². The second-order valence-electron chi connectivity index (χ2n) is 8.02. The van der Waals surface area contributed by atoms with Gasteiger partial charge in [-0.2, -0.15) is 5.10 Å². The summed E-state index contributed by atoms with van der Waals surface area (Å²) < 4.78 is 1.98. The number of nitrogens with one attached hydrogen (secondary N) is 1. The van der Waals surface area contributed by atoms with Crippen LogP contribution in [0.2, 0.25) is 0 Å². The number of carboxylic acid groups (broad SMARTS) is 1. The number of rotatable bonds is 7. The third kappa shape index (κ3) is 5.91. The maximum atomic E-state index is 11.2. The molecule has 0 aromatic carbocycles. The van der Waals surface area contributed by atoms with Crippen molar-refractivity contribution < 1.29 is 9.90 Å². The SMILES string of the molecule is Cl.Nc1ncc(-c2cnn(C3CCN(CCCN4CCNCC4)CC3)c2)nc1C(=O)O. The number of halogens is 1. The van der Waals surface area contributed by atoms with Gasteiger partial charge in [-0.15, -0.1) is 12.4 Å². The van der Waals surface area contributed by atoms with E-state index in [9.17, 15) is 9.90 Å². The Morgan fingerprint density at radius 3 is 2.48 bits per heavy atom. The lowest BCUT2D eigenvalue weighted by molar-refractivity contribution is 0.0691. The molecule has 0 aliphatic carbocycles. The molecule has 0 unspecified atom stereocenters. The standard InChI is InChI=1S/C20H30N8O2.ClH/c21-19-18(20(29)30)25-17(13-23-19)15-12-24-28(14-15)16-2-8-26(9-3-16)6-1-7-27-10-4-22-5-11-27;/h12-14,16,22H,1-11H2,(H2,21,23)(H,29,30);1H. The molecule has 2 aliphatic rings. The van der Waals surface area contributed by atoms with Gasteiger partial charge in [0, 0.05) is 51.0 Å². The normalized spacial score (nSPS) is 18.6. The molecular formula is C20H31ClN8O2. The molecule has 4 heterocycles. The number of nitrogen functional groups attached to an aromatic ring is 1. The second-order valence-corrected chi connectivity index (χ2v) is 8.02. The summed E-state index contributed by atoms with van der Waals surface area (Å²) in [6.45, 7) is 9.03. The molecule has 10 nitrogen and oxygen atoms in total. The van der Waals surface area contributed by atoms with Crippen LogP contribution in [0.5, 0.6) is 0 Å². The van der Waals surface area contributed by atoms with Gasteiger partial charge >= 0.3 is 5.97 Å². The fourth-order valence-electron chi connectivity index (χ4n) is 4.23. The molecule has 2 fully saturated rings. The number of hydrogen-bond donors (Lipinski definition) is 3. The Hall–Kier alpha value is -2.27.